The van der Waals surface area contributed by atoms with E-state index < -0.39 is 0 Å². The third kappa shape index (κ3) is 3.64. The van der Waals surface area contributed by atoms with E-state index in [0.717, 1.165) is 31.3 Å². The van der Waals surface area contributed by atoms with Gasteiger partial charge in [-0.3, -0.25) is 0 Å². The summed E-state index contributed by atoms with van der Waals surface area (Å²) in [6.07, 6.45) is 1.83. The average molecular weight is 211 g/mol. The normalized spacial score (nSPS) is 11.3. The Kier molecular flexibility index (Phi) is 4.78. The summed E-state index contributed by atoms with van der Waals surface area (Å²) in [5, 5.41) is 0. The van der Waals surface area contributed by atoms with Crippen LogP contribution in [0.3, 0.4) is 0 Å². The molecule has 1 rings (SSSR count). The number of nitrogens with zero attached hydrogens (tertiary/aromatic N) is 2. The maximum atomic E-state index is 5.61. The number of hydrogen-bond donors (Lipinski definition) is 1. The molecule has 1 aromatic heterocycles. The fraction of sp³-hybridized carbons (Fsp3) is 0.727. The molecule has 4 heteroatoms. The van der Waals surface area contributed by atoms with Gasteiger partial charge in [-0.1, -0.05) is 13.8 Å². The molecule has 0 unspecified atom stereocenters. The molecule has 0 radical (unpaired) electrons. The predicted molar refractivity (Wildman–Crippen MR) is 60.5 cm³/mol. The minimum atomic E-state index is 0.533. The molecule has 15 heavy (non-hydrogen) atoms. The van der Waals surface area contributed by atoms with Crippen LogP contribution in [0, 0.1) is 12.8 Å². The zero-order valence-electron chi connectivity index (χ0n) is 9.86. The van der Waals surface area contributed by atoms with Crippen molar-refractivity contribution in [2.45, 2.75) is 33.9 Å². The highest BCUT2D eigenvalue weighted by Gasteiger charge is 2.04. The van der Waals surface area contributed by atoms with E-state index in [1.54, 1.807) is 0 Å². The predicted octanol–water partition coefficient (Wildman–Crippen LogP) is 1.32. The molecule has 0 aliphatic rings. The van der Waals surface area contributed by atoms with E-state index in [2.05, 4.69) is 23.4 Å². The van der Waals surface area contributed by atoms with Crippen LogP contribution in [0.5, 0.6) is 0 Å². The van der Waals surface area contributed by atoms with E-state index in [0.29, 0.717) is 12.5 Å². The van der Waals surface area contributed by atoms with Gasteiger partial charge in [0.2, 0.25) is 0 Å². The molecule has 1 heterocycles. The lowest BCUT2D eigenvalue weighted by Crippen LogP contribution is -2.14. The van der Waals surface area contributed by atoms with E-state index in [9.17, 15) is 0 Å². The largest absolute Gasteiger partial charge is 0.379 e. The molecule has 1 aromatic rings. The standard InChI is InChI=1S/C11H21N3O/c1-9(2)8-15-5-4-14-10(3)13-7-11(14)6-12/h7,9H,4-6,8,12H2,1-3H3. The third-order valence-electron chi connectivity index (χ3n) is 2.26. The monoisotopic (exact) mass is 211 g/mol. The molecule has 0 aromatic carbocycles. The number of aromatic nitrogens is 2. The van der Waals surface area contributed by atoms with Crippen molar-refractivity contribution in [1.29, 1.82) is 0 Å². The Morgan fingerprint density at radius 1 is 1.53 bits per heavy atom. The van der Waals surface area contributed by atoms with Crippen LogP contribution in [0.15, 0.2) is 6.20 Å². The quantitative estimate of drug-likeness (QED) is 0.722. The van der Waals surface area contributed by atoms with Crippen molar-refractivity contribution < 1.29 is 4.74 Å². The van der Waals surface area contributed by atoms with Crippen LogP contribution in [-0.4, -0.2) is 22.8 Å². The number of ether oxygens (including phenoxy) is 1. The number of rotatable bonds is 6. The molecule has 2 N–H and O–H groups in total. The van der Waals surface area contributed by atoms with Crippen LogP contribution in [0.4, 0.5) is 0 Å². The summed E-state index contributed by atoms with van der Waals surface area (Å²) in [4.78, 5) is 4.23. The number of hydrogen-bond acceptors (Lipinski definition) is 3. The van der Waals surface area contributed by atoms with Gasteiger partial charge in [0.25, 0.3) is 0 Å². The average Bonchev–Trinajstić information content (AvgIpc) is 2.54. The molecule has 4 nitrogen and oxygen atoms in total. The van der Waals surface area contributed by atoms with E-state index in [1.807, 2.05) is 13.1 Å². The van der Waals surface area contributed by atoms with Gasteiger partial charge in [0, 0.05) is 25.9 Å². The highest BCUT2D eigenvalue weighted by molar-refractivity contribution is 5.03. The molecule has 86 valence electrons. The summed E-state index contributed by atoms with van der Waals surface area (Å²) < 4.78 is 7.64. The lowest BCUT2D eigenvalue weighted by Gasteiger charge is -2.10. The molecule has 0 fully saturated rings. The first kappa shape index (κ1) is 12.2. The van der Waals surface area contributed by atoms with Crippen LogP contribution in [0.25, 0.3) is 0 Å². The van der Waals surface area contributed by atoms with Crippen molar-refractivity contribution >= 4 is 0 Å². The third-order valence-corrected chi connectivity index (χ3v) is 2.26. The first-order valence-electron chi connectivity index (χ1n) is 5.44. The Morgan fingerprint density at radius 3 is 2.87 bits per heavy atom. The van der Waals surface area contributed by atoms with Crippen LogP contribution in [0.1, 0.15) is 25.4 Å². The van der Waals surface area contributed by atoms with Crippen molar-refractivity contribution in [2.24, 2.45) is 11.7 Å². The second-order valence-electron chi connectivity index (χ2n) is 4.12. The minimum Gasteiger partial charge on any atom is -0.379 e. The van der Waals surface area contributed by atoms with E-state index in [1.165, 1.54) is 0 Å². The van der Waals surface area contributed by atoms with Gasteiger partial charge in [0.1, 0.15) is 5.82 Å². The molecule has 0 atom stereocenters. The zero-order valence-corrected chi connectivity index (χ0v) is 9.86. The van der Waals surface area contributed by atoms with E-state index >= 15 is 0 Å². The van der Waals surface area contributed by atoms with Crippen molar-refractivity contribution in [3.8, 4) is 0 Å². The summed E-state index contributed by atoms with van der Waals surface area (Å²) in [5.41, 5.74) is 6.68. The molecule has 0 spiro atoms. The van der Waals surface area contributed by atoms with Gasteiger partial charge in [-0.2, -0.15) is 0 Å². The second kappa shape index (κ2) is 5.88. The van der Waals surface area contributed by atoms with E-state index in [4.69, 9.17) is 10.5 Å². The van der Waals surface area contributed by atoms with Crippen molar-refractivity contribution in [3.63, 3.8) is 0 Å². The molecule has 0 saturated heterocycles. The lowest BCUT2D eigenvalue weighted by molar-refractivity contribution is 0.102. The molecular weight excluding hydrogens is 190 g/mol. The smallest absolute Gasteiger partial charge is 0.105 e. The highest BCUT2D eigenvalue weighted by atomic mass is 16.5. The Morgan fingerprint density at radius 2 is 2.27 bits per heavy atom. The van der Waals surface area contributed by atoms with Crippen molar-refractivity contribution in [2.75, 3.05) is 13.2 Å². The van der Waals surface area contributed by atoms with Gasteiger partial charge in [-0.05, 0) is 12.8 Å². The highest BCUT2D eigenvalue weighted by Crippen LogP contribution is 2.04. The van der Waals surface area contributed by atoms with Gasteiger partial charge in [0.05, 0.1) is 12.3 Å². The number of imidazole rings is 1. The van der Waals surface area contributed by atoms with Gasteiger partial charge >= 0.3 is 0 Å². The molecule has 0 aliphatic carbocycles. The van der Waals surface area contributed by atoms with Crippen molar-refractivity contribution in [1.82, 2.24) is 9.55 Å². The number of aryl methyl sites for hydroxylation is 1. The Bertz CT molecular complexity index is 294. The molecule has 0 saturated carbocycles. The Balaban J connectivity index is 2.39. The lowest BCUT2D eigenvalue weighted by atomic mass is 10.2. The number of nitrogens with two attached hydrogens (primary N) is 1. The molecular formula is C11H21N3O. The second-order valence-corrected chi connectivity index (χ2v) is 4.12. The van der Waals surface area contributed by atoms with Crippen molar-refractivity contribution in [3.05, 3.63) is 17.7 Å². The minimum absolute atomic E-state index is 0.533. The summed E-state index contributed by atoms with van der Waals surface area (Å²) in [6, 6.07) is 0. The zero-order chi connectivity index (χ0) is 11.3. The Hall–Kier alpha value is -0.870. The molecule has 0 amide bonds. The maximum absolute atomic E-state index is 5.61. The summed E-state index contributed by atoms with van der Waals surface area (Å²) in [6.45, 7) is 9.19. The van der Waals surface area contributed by atoms with Crippen LogP contribution in [-0.2, 0) is 17.8 Å². The topological polar surface area (TPSA) is 53.1 Å². The van der Waals surface area contributed by atoms with Crippen LogP contribution >= 0.6 is 0 Å². The molecule has 0 aliphatic heterocycles. The van der Waals surface area contributed by atoms with E-state index in [-0.39, 0.29) is 0 Å². The fourth-order valence-corrected chi connectivity index (χ4v) is 1.46. The van der Waals surface area contributed by atoms with Gasteiger partial charge in [-0.15, -0.1) is 0 Å². The first-order valence-corrected chi connectivity index (χ1v) is 5.44. The summed E-state index contributed by atoms with van der Waals surface area (Å²) >= 11 is 0. The Labute approximate surface area is 91.4 Å². The SMILES string of the molecule is Cc1ncc(CN)n1CCOCC(C)C. The van der Waals surface area contributed by atoms with Gasteiger partial charge < -0.3 is 15.0 Å². The van der Waals surface area contributed by atoms with Gasteiger partial charge in [-0.25, -0.2) is 4.98 Å². The summed E-state index contributed by atoms with van der Waals surface area (Å²) in [7, 11) is 0. The maximum Gasteiger partial charge on any atom is 0.105 e. The molecule has 0 bridgehead atoms. The van der Waals surface area contributed by atoms with Crippen LogP contribution in [0.2, 0.25) is 0 Å². The first-order chi connectivity index (χ1) is 7.15. The summed E-state index contributed by atoms with van der Waals surface area (Å²) in [5.74, 6) is 1.59. The fourth-order valence-electron chi connectivity index (χ4n) is 1.46. The van der Waals surface area contributed by atoms with Gasteiger partial charge in [0.15, 0.2) is 0 Å². The van der Waals surface area contributed by atoms with Crippen LogP contribution < -0.4 is 5.73 Å².